The van der Waals surface area contributed by atoms with Crippen molar-refractivity contribution in [1.82, 2.24) is 9.88 Å². The molecule has 31 heavy (non-hydrogen) atoms. The number of nitrogens with zero attached hydrogens (tertiary/aromatic N) is 3. The van der Waals surface area contributed by atoms with E-state index < -0.39 is 18.1 Å². The van der Waals surface area contributed by atoms with E-state index in [0.717, 1.165) is 22.4 Å². The van der Waals surface area contributed by atoms with Gasteiger partial charge in [-0.25, -0.2) is 0 Å². The SMILES string of the molecule is O=C1[C@@H]2[C@H](C(=O)N1Cc1ccccc1)[C@@H](c1cccnc1)N1c3ccccc3CO[C@H]21. The molecule has 6 heteroatoms. The maximum atomic E-state index is 13.6. The smallest absolute Gasteiger partial charge is 0.238 e. The van der Waals surface area contributed by atoms with E-state index in [1.54, 1.807) is 12.4 Å². The first kappa shape index (κ1) is 18.3. The van der Waals surface area contributed by atoms with Crippen molar-refractivity contribution in [3.05, 3.63) is 95.8 Å². The fraction of sp³-hybridized carbons (Fsp3) is 0.240. The number of amides is 2. The van der Waals surface area contributed by atoms with Gasteiger partial charge < -0.3 is 9.64 Å². The zero-order chi connectivity index (χ0) is 20.9. The Bertz CT molecular complexity index is 1150. The van der Waals surface area contributed by atoms with Crippen LogP contribution in [0.2, 0.25) is 0 Å². The Kier molecular flexibility index (Phi) is 4.14. The van der Waals surface area contributed by atoms with Crippen LogP contribution >= 0.6 is 0 Å². The summed E-state index contributed by atoms with van der Waals surface area (Å²) in [6.07, 6.45) is 3.04. The van der Waals surface area contributed by atoms with E-state index in [1.165, 1.54) is 4.90 Å². The Morgan fingerprint density at radius 2 is 1.68 bits per heavy atom. The van der Waals surface area contributed by atoms with Gasteiger partial charge in [0.15, 0.2) is 0 Å². The lowest BCUT2D eigenvalue weighted by Gasteiger charge is -2.39. The van der Waals surface area contributed by atoms with E-state index in [-0.39, 0.29) is 24.4 Å². The summed E-state index contributed by atoms with van der Waals surface area (Å²) in [5.74, 6) is -1.32. The fourth-order valence-corrected chi connectivity index (χ4v) is 5.28. The van der Waals surface area contributed by atoms with Crippen LogP contribution in [-0.4, -0.2) is 27.9 Å². The largest absolute Gasteiger partial charge is 0.353 e. The van der Waals surface area contributed by atoms with E-state index in [2.05, 4.69) is 9.88 Å². The normalized spacial score (nSPS) is 26.6. The molecule has 4 atom stereocenters. The zero-order valence-corrected chi connectivity index (χ0v) is 16.8. The van der Waals surface area contributed by atoms with Gasteiger partial charge in [0.1, 0.15) is 6.23 Å². The lowest BCUT2D eigenvalue weighted by molar-refractivity contribution is -0.142. The first-order valence-corrected chi connectivity index (χ1v) is 10.5. The first-order valence-electron chi connectivity index (χ1n) is 10.5. The number of carbonyl (C=O) groups excluding carboxylic acids is 2. The number of hydrogen-bond donors (Lipinski definition) is 0. The summed E-state index contributed by atoms with van der Waals surface area (Å²) in [6, 6.07) is 21.2. The summed E-state index contributed by atoms with van der Waals surface area (Å²) < 4.78 is 6.22. The second-order valence-electron chi connectivity index (χ2n) is 8.27. The van der Waals surface area contributed by atoms with E-state index in [0.29, 0.717) is 6.61 Å². The molecule has 1 aromatic heterocycles. The number of aromatic nitrogens is 1. The van der Waals surface area contributed by atoms with Gasteiger partial charge in [0.25, 0.3) is 0 Å². The van der Waals surface area contributed by atoms with Gasteiger partial charge in [0.2, 0.25) is 11.8 Å². The standard InChI is InChI=1S/C25H21N3O3/c29-23-20-21(24(30)27(23)14-16-7-2-1-3-8-16)25-28(22(20)17-10-6-12-26-13-17)19-11-5-4-9-18(19)15-31-25/h1-13,20-22,25H,14-15H2/t20-,21-,22+,25+/m0/s1. The fourth-order valence-electron chi connectivity index (χ4n) is 5.28. The topological polar surface area (TPSA) is 62.7 Å². The predicted octanol–water partition coefficient (Wildman–Crippen LogP) is 3.30. The van der Waals surface area contributed by atoms with Crippen LogP contribution in [0.3, 0.4) is 0 Å². The molecule has 2 amide bonds. The lowest BCUT2D eigenvalue weighted by Crippen LogP contribution is -2.45. The highest BCUT2D eigenvalue weighted by Crippen LogP contribution is 2.54. The maximum Gasteiger partial charge on any atom is 0.238 e. The quantitative estimate of drug-likeness (QED) is 0.619. The molecule has 3 aliphatic rings. The number of benzene rings is 2. The lowest BCUT2D eigenvalue weighted by atomic mass is 9.89. The van der Waals surface area contributed by atoms with Gasteiger partial charge in [-0.1, -0.05) is 54.6 Å². The molecule has 0 aliphatic carbocycles. The number of anilines is 1. The van der Waals surface area contributed by atoms with E-state index in [9.17, 15) is 9.59 Å². The Morgan fingerprint density at radius 3 is 2.48 bits per heavy atom. The van der Waals surface area contributed by atoms with Crippen LogP contribution in [0.5, 0.6) is 0 Å². The molecule has 2 saturated heterocycles. The number of ether oxygens (including phenoxy) is 1. The molecule has 0 radical (unpaired) electrons. The van der Waals surface area contributed by atoms with Crippen molar-refractivity contribution in [3.63, 3.8) is 0 Å². The zero-order valence-electron chi connectivity index (χ0n) is 16.8. The van der Waals surface area contributed by atoms with Crippen molar-refractivity contribution < 1.29 is 14.3 Å². The van der Waals surface area contributed by atoms with Crippen LogP contribution in [0.15, 0.2) is 79.1 Å². The van der Waals surface area contributed by atoms with Crippen molar-refractivity contribution in [1.29, 1.82) is 0 Å². The summed E-state index contributed by atoms with van der Waals surface area (Å²) in [6.45, 7) is 0.717. The third-order valence-corrected chi connectivity index (χ3v) is 6.60. The third-order valence-electron chi connectivity index (χ3n) is 6.60. The molecule has 0 saturated carbocycles. The van der Waals surface area contributed by atoms with Crippen LogP contribution < -0.4 is 4.90 Å². The van der Waals surface area contributed by atoms with Gasteiger partial charge in [-0.05, 0) is 23.3 Å². The summed E-state index contributed by atoms with van der Waals surface area (Å²) >= 11 is 0. The number of para-hydroxylation sites is 1. The number of rotatable bonds is 3. The van der Waals surface area contributed by atoms with Crippen molar-refractivity contribution in [2.24, 2.45) is 11.8 Å². The molecule has 4 heterocycles. The molecule has 3 aromatic rings. The highest BCUT2D eigenvalue weighted by atomic mass is 16.5. The minimum Gasteiger partial charge on any atom is -0.353 e. The minimum atomic E-state index is -0.533. The van der Waals surface area contributed by atoms with Gasteiger partial charge in [-0.2, -0.15) is 0 Å². The molecule has 0 spiro atoms. The van der Waals surface area contributed by atoms with Crippen molar-refractivity contribution in [3.8, 4) is 0 Å². The Morgan fingerprint density at radius 1 is 0.903 bits per heavy atom. The van der Waals surface area contributed by atoms with Crippen molar-refractivity contribution in [2.75, 3.05) is 4.90 Å². The van der Waals surface area contributed by atoms with Crippen LogP contribution in [0.1, 0.15) is 22.7 Å². The van der Waals surface area contributed by atoms with Crippen molar-refractivity contribution >= 4 is 17.5 Å². The molecule has 3 aliphatic heterocycles. The molecule has 0 N–H and O–H groups in total. The average molecular weight is 411 g/mol. The maximum absolute atomic E-state index is 13.6. The molecule has 0 bridgehead atoms. The molecule has 0 unspecified atom stereocenters. The van der Waals surface area contributed by atoms with Crippen molar-refractivity contribution in [2.45, 2.75) is 25.4 Å². The van der Waals surface area contributed by atoms with E-state index >= 15 is 0 Å². The summed E-state index contributed by atoms with van der Waals surface area (Å²) in [7, 11) is 0. The number of fused-ring (bicyclic) bond motifs is 5. The summed E-state index contributed by atoms with van der Waals surface area (Å²) in [5, 5.41) is 0. The third kappa shape index (κ3) is 2.72. The molecular formula is C25H21N3O3. The Labute approximate surface area is 180 Å². The van der Waals surface area contributed by atoms with Gasteiger partial charge >= 0.3 is 0 Å². The van der Waals surface area contributed by atoms with Crippen LogP contribution in [0.25, 0.3) is 0 Å². The first-order chi connectivity index (χ1) is 15.2. The van der Waals surface area contributed by atoms with Gasteiger partial charge in [0.05, 0.1) is 31.0 Å². The minimum absolute atomic E-state index is 0.136. The molecule has 154 valence electrons. The summed E-state index contributed by atoms with van der Waals surface area (Å²) in [5.41, 5.74) is 3.95. The summed E-state index contributed by atoms with van der Waals surface area (Å²) in [4.78, 5) is 35.0. The Hall–Kier alpha value is -3.51. The monoisotopic (exact) mass is 411 g/mol. The van der Waals surface area contributed by atoms with E-state index in [4.69, 9.17) is 4.74 Å². The molecule has 2 aromatic carbocycles. The van der Waals surface area contributed by atoms with E-state index in [1.807, 2.05) is 66.7 Å². The van der Waals surface area contributed by atoms with Crippen LogP contribution in [0, 0.1) is 11.8 Å². The number of hydrogen-bond acceptors (Lipinski definition) is 5. The van der Waals surface area contributed by atoms with Crippen LogP contribution in [-0.2, 0) is 27.5 Å². The highest BCUT2D eigenvalue weighted by molar-refractivity contribution is 6.07. The molecule has 6 rings (SSSR count). The van der Waals surface area contributed by atoms with Crippen LogP contribution in [0.4, 0.5) is 5.69 Å². The van der Waals surface area contributed by atoms with Gasteiger partial charge in [0, 0.05) is 23.6 Å². The number of pyridine rings is 1. The predicted molar refractivity (Wildman–Crippen MR) is 113 cm³/mol. The molecular weight excluding hydrogens is 390 g/mol. The number of imide groups is 1. The average Bonchev–Trinajstić information content (AvgIpc) is 3.29. The number of carbonyl (C=O) groups is 2. The second kappa shape index (κ2) is 7.03. The molecule has 2 fully saturated rings. The molecule has 6 nitrogen and oxygen atoms in total. The second-order valence-corrected chi connectivity index (χ2v) is 8.27. The Balaban J connectivity index is 1.45. The van der Waals surface area contributed by atoms with Gasteiger partial charge in [-0.3, -0.25) is 19.5 Å². The number of likely N-dealkylation sites (tertiary alicyclic amines) is 1. The highest BCUT2D eigenvalue weighted by Gasteiger charge is 2.64. The van der Waals surface area contributed by atoms with Gasteiger partial charge in [-0.15, -0.1) is 0 Å².